The molecule has 0 aliphatic heterocycles. The number of nitrogens with zero attached hydrogens (tertiary/aromatic N) is 2. The molecule has 0 saturated carbocycles. The predicted octanol–water partition coefficient (Wildman–Crippen LogP) is 0.184. The highest BCUT2D eigenvalue weighted by Gasteiger charge is 2.40. The van der Waals surface area contributed by atoms with E-state index in [4.69, 9.17) is 5.73 Å². The van der Waals surface area contributed by atoms with Crippen molar-refractivity contribution in [3.8, 4) is 0 Å². The number of nitrogens with one attached hydrogen (secondary N) is 2. The molecule has 0 atom stereocenters. The summed E-state index contributed by atoms with van der Waals surface area (Å²) in [6.07, 6.45) is 1.40. The topological polar surface area (TPSA) is 96.7 Å². The molecule has 0 saturated heterocycles. The van der Waals surface area contributed by atoms with Crippen molar-refractivity contribution in [2.75, 3.05) is 0 Å². The predicted molar refractivity (Wildman–Crippen MR) is 60.3 cm³/mol. The number of aromatic nitrogens is 3. The summed E-state index contributed by atoms with van der Waals surface area (Å²) < 4.78 is 0. The second-order valence-electron chi connectivity index (χ2n) is 4.96. The molecule has 1 aromatic rings. The Morgan fingerprint density at radius 3 is 2.56 bits per heavy atom. The number of carbonyl (C=O) groups excluding carboxylic acids is 1. The lowest BCUT2D eigenvalue weighted by Gasteiger charge is -2.36. The van der Waals surface area contributed by atoms with Gasteiger partial charge in [-0.05, 0) is 27.7 Å². The summed E-state index contributed by atoms with van der Waals surface area (Å²) in [6, 6.07) is 0. The van der Waals surface area contributed by atoms with Crippen LogP contribution in [0.1, 0.15) is 33.5 Å². The van der Waals surface area contributed by atoms with E-state index in [-0.39, 0.29) is 5.91 Å². The summed E-state index contributed by atoms with van der Waals surface area (Å²) in [5.74, 6) is 0.523. The van der Waals surface area contributed by atoms with Crippen LogP contribution in [0.25, 0.3) is 0 Å². The third-order valence-electron chi connectivity index (χ3n) is 3.06. The van der Waals surface area contributed by atoms with Crippen molar-refractivity contribution in [3.05, 3.63) is 12.2 Å². The maximum absolute atomic E-state index is 12.0. The van der Waals surface area contributed by atoms with E-state index in [1.54, 1.807) is 0 Å². The molecule has 1 rings (SSSR count). The largest absolute Gasteiger partial charge is 0.348 e. The Kier molecular flexibility index (Phi) is 3.32. The molecule has 0 fully saturated rings. The van der Waals surface area contributed by atoms with Gasteiger partial charge in [0, 0.05) is 5.54 Å². The molecule has 1 amide bonds. The van der Waals surface area contributed by atoms with E-state index in [0.717, 1.165) is 0 Å². The van der Waals surface area contributed by atoms with Gasteiger partial charge < -0.3 is 11.1 Å². The van der Waals surface area contributed by atoms with Gasteiger partial charge in [0.05, 0.1) is 12.0 Å². The molecular formula is C10H19N5O. The summed E-state index contributed by atoms with van der Waals surface area (Å²) >= 11 is 0. The van der Waals surface area contributed by atoms with Crippen molar-refractivity contribution in [1.82, 2.24) is 20.5 Å². The minimum absolute atomic E-state index is 0.101. The molecule has 0 radical (unpaired) electrons. The van der Waals surface area contributed by atoms with Crippen molar-refractivity contribution in [3.63, 3.8) is 0 Å². The molecule has 0 unspecified atom stereocenters. The molecule has 0 spiro atoms. The molecule has 1 heterocycles. The van der Waals surface area contributed by atoms with Crippen LogP contribution in [0.3, 0.4) is 0 Å². The van der Waals surface area contributed by atoms with Gasteiger partial charge in [-0.15, -0.1) is 0 Å². The molecule has 4 N–H and O–H groups in total. The molecule has 0 aliphatic carbocycles. The van der Waals surface area contributed by atoms with E-state index in [1.165, 1.54) is 6.33 Å². The molecule has 6 heteroatoms. The Balaban J connectivity index is 2.59. The Morgan fingerprint density at radius 2 is 2.12 bits per heavy atom. The summed E-state index contributed by atoms with van der Waals surface area (Å²) in [5, 5.41) is 9.15. The van der Waals surface area contributed by atoms with Gasteiger partial charge in [0.25, 0.3) is 0 Å². The van der Waals surface area contributed by atoms with Crippen LogP contribution >= 0.6 is 0 Å². The number of aromatic amines is 1. The Bertz CT molecular complexity index is 350. The first-order chi connectivity index (χ1) is 7.25. The second-order valence-corrected chi connectivity index (χ2v) is 4.96. The maximum atomic E-state index is 12.0. The van der Waals surface area contributed by atoms with Crippen molar-refractivity contribution in [2.45, 2.75) is 39.8 Å². The first kappa shape index (κ1) is 12.6. The maximum Gasteiger partial charge on any atom is 0.227 e. The van der Waals surface area contributed by atoms with E-state index in [2.05, 4.69) is 20.5 Å². The quantitative estimate of drug-likeness (QED) is 0.681. The van der Waals surface area contributed by atoms with Crippen LogP contribution in [-0.4, -0.2) is 26.6 Å². The van der Waals surface area contributed by atoms with Crippen LogP contribution in [0.15, 0.2) is 6.33 Å². The number of carbonyl (C=O) groups is 1. The van der Waals surface area contributed by atoms with Crippen LogP contribution in [0.4, 0.5) is 0 Å². The average molecular weight is 225 g/mol. The molecule has 0 aromatic carbocycles. The van der Waals surface area contributed by atoms with Crippen LogP contribution < -0.4 is 11.1 Å². The molecule has 16 heavy (non-hydrogen) atoms. The minimum Gasteiger partial charge on any atom is -0.348 e. The first-order valence-corrected chi connectivity index (χ1v) is 5.16. The monoisotopic (exact) mass is 225 g/mol. The van der Waals surface area contributed by atoms with Crippen LogP contribution in [0, 0.1) is 5.41 Å². The Labute approximate surface area is 95.0 Å². The minimum atomic E-state index is -0.646. The molecular weight excluding hydrogens is 206 g/mol. The van der Waals surface area contributed by atoms with Gasteiger partial charge in [0.15, 0.2) is 0 Å². The molecule has 1 aromatic heterocycles. The summed E-state index contributed by atoms with van der Waals surface area (Å²) in [7, 11) is 0. The van der Waals surface area contributed by atoms with Gasteiger partial charge in [-0.3, -0.25) is 9.89 Å². The van der Waals surface area contributed by atoms with Crippen molar-refractivity contribution >= 4 is 5.91 Å². The molecule has 0 bridgehead atoms. The Hall–Kier alpha value is -1.43. The fourth-order valence-corrected chi connectivity index (χ4v) is 0.994. The average Bonchev–Trinajstić information content (AvgIpc) is 2.64. The number of hydrogen-bond donors (Lipinski definition) is 3. The summed E-state index contributed by atoms with van der Waals surface area (Å²) in [5.41, 5.74) is 4.74. The number of nitrogens with two attached hydrogens (primary N) is 1. The zero-order chi connectivity index (χ0) is 12.4. The molecule has 0 aliphatic rings. The highest BCUT2D eigenvalue weighted by Crippen LogP contribution is 2.28. The lowest BCUT2D eigenvalue weighted by Crippen LogP contribution is -2.55. The highest BCUT2D eigenvalue weighted by atomic mass is 16.2. The summed E-state index contributed by atoms with van der Waals surface area (Å²) in [4.78, 5) is 15.9. The molecule has 6 nitrogen and oxygen atoms in total. The van der Waals surface area contributed by atoms with Gasteiger partial charge in [0.1, 0.15) is 12.2 Å². The smallest absolute Gasteiger partial charge is 0.227 e. The van der Waals surface area contributed by atoms with Gasteiger partial charge in [-0.2, -0.15) is 5.10 Å². The second kappa shape index (κ2) is 4.21. The SMILES string of the molecule is CC(C)(N)C(C)(C)C(=O)NCc1ncn[nH]1. The zero-order valence-electron chi connectivity index (χ0n) is 10.2. The zero-order valence-corrected chi connectivity index (χ0v) is 10.2. The first-order valence-electron chi connectivity index (χ1n) is 5.16. The Morgan fingerprint density at radius 1 is 1.50 bits per heavy atom. The fourth-order valence-electron chi connectivity index (χ4n) is 0.994. The third kappa shape index (κ3) is 2.57. The van der Waals surface area contributed by atoms with Crippen LogP contribution in [0.2, 0.25) is 0 Å². The van der Waals surface area contributed by atoms with Crippen LogP contribution in [0.5, 0.6) is 0 Å². The summed E-state index contributed by atoms with van der Waals surface area (Å²) in [6.45, 7) is 7.64. The number of rotatable bonds is 4. The highest BCUT2D eigenvalue weighted by molar-refractivity contribution is 5.83. The van der Waals surface area contributed by atoms with E-state index in [1.807, 2.05) is 27.7 Å². The fraction of sp³-hybridized carbons (Fsp3) is 0.700. The van der Waals surface area contributed by atoms with Crippen molar-refractivity contribution in [2.24, 2.45) is 11.1 Å². The van der Waals surface area contributed by atoms with Gasteiger partial charge in [0.2, 0.25) is 5.91 Å². The van der Waals surface area contributed by atoms with Crippen molar-refractivity contribution < 1.29 is 4.79 Å². The number of H-pyrrole nitrogens is 1. The van der Waals surface area contributed by atoms with E-state index in [0.29, 0.717) is 12.4 Å². The lowest BCUT2D eigenvalue weighted by molar-refractivity contribution is -0.132. The number of hydrogen-bond acceptors (Lipinski definition) is 4. The van der Waals surface area contributed by atoms with Gasteiger partial charge in [-0.1, -0.05) is 0 Å². The molecule has 90 valence electrons. The van der Waals surface area contributed by atoms with Crippen molar-refractivity contribution in [1.29, 1.82) is 0 Å². The van der Waals surface area contributed by atoms with E-state index >= 15 is 0 Å². The van der Waals surface area contributed by atoms with E-state index < -0.39 is 11.0 Å². The van der Waals surface area contributed by atoms with E-state index in [9.17, 15) is 4.79 Å². The van der Waals surface area contributed by atoms with Gasteiger partial charge in [-0.25, -0.2) is 4.98 Å². The number of amides is 1. The van der Waals surface area contributed by atoms with Gasteiger partial charge >= 0.3 is 0 Å². The lowest BCUT2D eigenvalue weighted by atomic mass is 9.74. The third-order valence-corrected chi connectivity index (χ3v) is 3.06. The van der Waals surface area contributed by atoms with Crippen LogP contribution in [-0.2, 0) is 11.3 Å². The normalized spacial score (nSPS) is 12.6. The standard InChI is InChI=1S/C10H19N5O/c1-9(2,10(3,4)11)8(16)12-5-7-13-6-14-15-7/h6H,5,11H2,1-4H3,(H,12,16)(H,13,14,15).